The minimum absolute atomic E-state index is 0.600. The highest BCUT2D eigenvalue weighted by Gasteiger charge is 2.25. The van der Waals surface area contributed by atoms with Crippen LogP contribution in [0.1, 0.15) is 30.4 Å². The number of rotatable bonds is 5. The van der Waals surface area contributed by atoms with Crippen molar-refractivity contribution in [2.75, 3.05) is 0 Å². The molecule has 0 amide bonds. The Morgan fingerprint density at radius 2 is 1.62 bits per heavy atom. The summed E-state index contributed by atoms with van der Waals surface area (Å²) in [6.45, 7) is 3.73. The number of benzene rings is 2. The van der Waals surface area contributed by atoms with Gasteiger partial charge in [-0.05, 0) is 37.0 Å². The van der Waals surface area contributed by atoms with Gasteiger partial charge in [0.2, 0.25) is 0 Å². The second-order valence-electron chi connectivity index (χ2n) is 5.02. The maximum absolute atomic E-state index is 11.0. The van der Waals surface area contributed by atoms with Crippen molar-refractivity contribution >= 4 is 0 Å². The van der Waals surface area contributed by atoms with Crippen molar-refractivity contribution in [3.63, 3.8) is 0 Å². The second-order valence-corrected chi connectivity index (χ2v) is 5.02. The van der Waals surface area contributed by atoms with Crippen molar-refractivity contribution in [1.82, 2.24) is 0 Å². The SMILES string of the molecule is C=CCCCC(O)(C#Cc1ccccc1)c1ccccc1. The van der Waals surface area contributed by atoms with Crippen LogP contribution in [-0.4, -0.2) is 5.11 Å². The van der Waals surface area contributed by atoms with Gasteiger partial charge < -0.3 is 5.11 Å². The standard InChI is InChI=1S/C20H20O/c1-2-3-10-16-20(21,19-13-8-5-9-14-19)17-15-18-11-6-4-7-12-18/h2,4-9,11-14,21H,1,3,10,16H2. The molecular formula is C20H20O. The van der Waals surface area contributed by atoms with E-state index < -0.39 is 5.60 Å². The minimum Gasteiger partial charge on any atom is -0.373 e. The van der Waals surface area contributed by atoms with Gasteiger partial charge in [0.15, 0.2) is 5.60 Å². The molecule has 0 aliphatic carbocycles. The van der Waals surface area contributed by atoms with Gasteiger partial charge in [-0.25, -0.2) is 0 Å². The Hall–Kier alpha value is -2.30. The van der Waals surface area contributed by atoms with E-state index in [1.165, 1.54) is 0 Å². The zero-order valence-electron chi connectivity index (χ0n) is 12.1. The third-order valence-corrected chi connectivity index (χ3v) is 3.39. The Labute approximate surface area is 127 Å². The molecule has 2 rings (SSSR count). The van der Waals surface area contributed by atoms with E-state index in [-0.39, 0.29) is 0 Å². The Balaban J connectivity index is 2.28. The smallest absolute Gasteiger partial charge is 0.151 e. The number of unbranched alkanes of at least 4 members (excludes halogenated alkanes) is 1. The molecule has 1 nitrogen and oxygen atoms in total. The molecule has 0 aromatic heterocycles. The average molecular weight is 276 g/mol. The first-order valence-corrected chi connectivity index (χ1v) is 7.22. The quantitative estimate of drug-likeness (QED) is 0.491. The maximum Gasteiger partial charge on any atom is 0.151 e. The summed E-state index contributed by atoms with van der Waals surface area (Å²) in [7, 11) is 0. The highest BCUT2D eigenvalue weighted by molar-refractivity contribution is 5.39. The lowest BCUT2D eigenvalue weighted by molar-refractivity contribution is 0.0881. The molecule has 0 bridgehead atoms. The zero-order valence-corrected chi connectivity index (χ0v) is 12.1. The fourth-order valence-electron chi connectivity index (χ4n) is 2.19. The van der Waals surface area contributed by atoms with Crippen LogP contribution in [0, 0.1) is 11.8 Å². The highest BCUT2D eigenvalue weighted by atomic mass is 16.3. The first kappa shape index (κ1) is 15.1. The Bertz CT molecular complexity index is 619. The monoisotopic (exact) mass is 276 g/mol. The Kier molecular flexibility index (Phi) is 5.37. The van der Waals surface area contributed by atoms with Crippen LogP contribution >= 0.6 is 0 Å². The highest BCUT2D eigenvalue weighted by Crippen LogP contribution is 2.26. The fraction of sp³-hybridized carbons (Fsp3) is 0.200. The summed E-state index contributed by atoms with van der Waals surface area (Å²) in [4.78, 5) is 0. The number of hydrogen-bond donors (Lipinski definition) is 1. The number of aliphatic hydroxyl groups is 1. The molecule has 0 saturated heterocycles. The van der Waals surface area contributed by atoms with Crippen LogP contribution < -0.4 is 0 Å². The molecule has 0 spiro atoms. The summed E-state index contributed by atoms with van der Waals surface area (Å²) in [6, 6.07) is 19.4. The zero-order chi connectivity index (χ0) is 15.0. The molecule has 106 valence electrons. The van der Waals surface area contributed by atoms with Gasteiger partial charge in [0.25, 0.3) is 0 Å². The molecule has 0 fully saturated rings. The van der Waals surface area contributed by atoms with Crippen LogP contribution in [0.2, 0.25) is 0 Å². The molecule has 0 aliphatic heterocycles. The third kappa shape index (κ3) is 4.34. The van der Waals surface area contributed by atoms with Gasteiger partial charge in [-0.2, -0.15) is 0 Å². The van der Waals surface area contributed by atoms with Crippen molar-refractivity contribution in [2.24, 2.45) is 0 Å². The normalized spacial score (nSPS) is 12.8. The molecule has 1 atom stereocenters. The lowest BCUT2D eigenvalue weighted by Gasteiger charge is -2.22. The van der Waals surface area contributed by atoms with Crippen LogP contribution in [-0.2, 0) is 5.60 Å². The Morgan fingerprint density at radius 3 is 2.24 bits per heavy atom. The number of allylic oxidation sites excluding steroid dienone is 1. The number of hydrogen-bond acceptors (Lipinski definition) is 1. The summed E-state index contributed by atoms with van der Waals surface area (Å²) in [5, 5.41) is 11.0. The topological polar surface area (TPSA) is 20.2 Å². The van der Waals surface area contributed by atoms with Crippen molar-refractivity contribution < 1.29 is 5.11 Å². The average Bonchev–Trinajstić information content (AvgIpc) is 2.55. The first-order valence-electron chi connectivity index (χ1n) is 7.22. The molecule has 1 unspecified atom stereocenters. The van der Waals surface area contributed by atoms with Gasteiger partial charge in [0.05, 0.1) is 0 Å². The summed E-state index contributed by atoms with van der Waals surface area (Å²) in [5.74, 6) is 6.14. The van der Waals surface area contributed by atoms with Crippen LogP contribution in [0.15, 0.2) is 73.3 Å². The van der Waals surface area contributed by atoms with Gasteiger partial charge in [0, 0.05) is 5.56 Å². The summed E-state index contributed by atoms with van der Waals surface area (Å²) in [6.07, 6.45) is 4.21. The van der Waals surface area contributed by atoms with Gasteiger partial charge in [-0.3, -0.25) is 0 Å². The summed E-state index contributed by atoms with van der Waals surface area (Å²) in [5.41, 5.74) is 0.646. The molecule has 21 heavy (non-hydrogen) atoms. The van der Waals surface area contributed by atoms with Gasteiger partial charge >= 0.3 is 0 Å². The van der Waals surface area contributed by atoms with Crippen molar-refractivity contribution in [3.8, 4) is 11.8 Å². The molecule has 1 N–H and O–H groups in total. The second kappa shape index (κ2) is 7.47. The van der Waals surface area contributed by atoms with Gasteiger partial charge in [-0.15, -0.1) is 6.58 Å². The molecule has 1 heteroatoms. The largest absolute Gasteiger partial charge is 0.373 e. The molecule has 2 aromatic carbocycles. The van der Waals surface area contributed by atoms with E-state index >= 15 is 0 Å². The molecule has 2 aromatic rings. The van der Waals surface area contributed by atoms with Crippen molar-refractivity contribution in [3.05, 3.63) is 84.4 Å². The maximum atomic E-state index is 11.0. The van der Waals surface area contributed by atoms with E-state index in [1.807, 2.05) is 66.7 Å². The molecular weight excluding hydrogens is 256 g/mol. The van der Waals surface area contributed by atoms with Crippen molar-refractivity contribution in [1.29, 1.82) is 0 Å². The van der Waals surface area contributed by atoms with Gasteiger partial charge in [-0.1, -0.05) is 66.4 Å². The predicted octanol–water partition coefficient (Wildman–Crippen LogP) is 4.28. The Morgan fingerprint density at radius 1 is 1.00 bits per heavy atom. The first-order chi connectivity index (χ1) is 10.2. The predicted molar refractivity (Wildman–Crippen MR) is 87.7 cm³/mol. The fourth-order valence-corrected chi connectivity index (χ4v) is 2.19. The molecule has 0 saturated carbocycles. The molecule has 0 radical (unpaired) electrons. The van der Waals surface area contributed by atoms with E-state index in [0.717, 1.165) is 24.0 Å². The lowest BCUT2D eigenvalue weighted by Crippen LogP contribution is -2.23. The van der Waals surface area contributed by atoms with Crippen molar-refractivity contribution in [2.45, 2.75) is 24.9 Å². The van der Waals surface area contributed by atoms with E-state index in [4.69, 9.17) is 0 Å². The van der Waals surface area contributed by atoms with Crippen LogP contribution in [0.4, 0.5) is 0 Å². The van der Waals surface area contributed by atoms with E-state index in [2.05, 4.69) is 18.4 Å². The van der Waals surface area contributed by atoms with Crippen LogP contribution in [0.3, 0.4) is 0 Å². The van der Waals surface area contributed by atoms with Gasteiger partial charge in [0.1, 0.15) is 0 Å². The lowest BCUT2D eigenvalue weighted by atomic mass is 9.89. The molecule has 0 aliphatic rings. The van der Waals surface area contributed by atoms with E-state index in [0.29, 0.717) is 6.42 Å². The summed E-state index contributed by atoms with van der Waals surface area (Å²) >= 11 is 0. The summed E-state index contributed by atoms with van der Waals surface area (Å²) < 4.78 is 0. The van der Waals surface area contributed by atoms with Crippen LogP contribution in [0.5, 0.6) is 0 Å². The van der Waals surface area contributed by atoms with E-state index in [9.17, 15) is 5.11 Å². The third-order valence-electron chi connectivity index (χ3n) is 3.39. The minimum atomic E-state index is -1.11. The van der Waals surface area contributed by atoms with E-state index in [1.54, 1.807) is 0 Å². The molecule has 0 heterocycles. The van der Waals surface area contributed by atoms with Crippen LogP contribution in [0.25, 0.3) is 0 Å².